The molecule has 2 rings (SSSR count). The highest BCUT2D eigenvalue weighted by molar-refractivity contribution is 5.20. The average molecular weight is 229 g/mol. The van der Waals surface area contributed by atoms with Crippen LogP contribution < -0.4 is 10.1 Å². The van der Waals surface area contributed by atoms with Gasteiger partial charge in [-0.1, -0.05) is 18.2 Å². The zero-order valence-electron chi connectivity index (χ0n) is 9.54. The molecule has 0 amide bonds. The van der Waals surface area contributed by atoms with Crippen molar-refractivity contribution in [2.75, 3.05) is 13.2 Å². The van der Waals surface area contributed by atoms with Gasteiger partial charge in [0.15, 0.2) is 0 Å². The van der Waals surface area contributed by atoms with Gasteiger partial charge in [0, 0.05) is 18.9 Å². The van der Waals surface area contributed by atoms with E-state index >= 15 is 0 Å². The van der Waals surface area contributed by atoms with Crippen LogP contribution in [-0.4, -0.2) is 23.1 Å². The van der Waals surface area contributed by atoms with E-state index in [2.05, 4.69) is 15.3 Å². The van der Waals surface area contributed by atoms with Crippen LogP contribution in [0.1, 0.15) is 5.82 Å². The average Bonchev–Trinajstić information content (AvgIpc) is 2.41. The highest BCUT2D eigenvalue weighted by Crippen LogP contribution is 2.07. The second-order valence-electron chi connectivity index (χ2n) is 3.50. The number of para-hydroxylation sites is 1. The lowest BCUT2D eigenvalue weighted by atomic mass is 10.3. The Hall–Kier alpha value is -1.94. The van der Waals surface area contributed by atoms with Crippen molar-refractivity contribution in [3.63, 3.8) is 0 Å². The summed E-state index contributed by atoms with van der Waals surface area (Å²) in [7, 11) is 0. The Kier molecular flexibility index (Phi) is 4.48. The van der Waals surface area contributed by atoms with Gasteiger partial charge < -0.3 is 10.1 Å². The third kappa shape index (κ3) is 4.20. The van der Waals surface area contributed by atoms with E-state index in [4.69, 9.17) is 4.74 Å². The zero-order chi connectivity index (χ0) is 11.8. The van der Waals surface area contributed by atoms with E-state index in [1.54, 1.807) is 12.4 Å². The summed E-state index contributed by atoms with van der Waals surface area (Å²) in [6.07, 6.45) is 3.48. The minimum atomic E-state index is 0.636. The molecule has 17 heavy (non-hydrogen) atoms. The normalized spacial score (nSPS) is 10.1. The first-order chi connectivity index (χ1) is 8.45. The van der Waals surface area contributed by atoms with E-state index in [9.17, 15) is 0 Å². The monoisotopic (exact) mass is 229 g/mol. The maximum atomic E-state index is 5.54. The Morgan fingerprint density at radius 2 is 1.76 bits per heavy atom. The molecule has 4 nitrogen and oxygen atoms in total. The Balaban J connectivity index is 1.61. The standard InChI is InChI=1S/C13H15N3O/c1-2-5-12(6-3-1)17-10-9-14-11-13-15-7-4-8-16-13/h1-8,14H,9-11H2. The number of rotatable bonds is 6. The van der Waals surface area contributed by atoms with Crippen molar-refractivity contribution in [1.82, 2.24) is 15.3 Å². The third-order valence-electron chi connectivity index (χ3n) is 2.19. The second kappa shape index (κ2) is 6.60. The summed E-state index contributed by atoms with van der Waals surface area (Å²) in [5.74, 6) is 1.69. The van der Waals surface area contributed by atoms with Crippen LogP contribution in [0.4, 0.5) is 0 Å². The van der Waals surface area contributed by atoms with Crippen molar-refractivity contribution in [2.24, 2.45) is 0 Å². The van der Waals surface area contributed by atoms with Crippen molar-refractivity contribution in [3.8, 4) is 5.75 Å². The Labute approximate surface area is 101 Å². The van der Waals surface area contributed by atoms with E-state index in [0.717, 1.165) is 18.1 Å². The van der Waals surface area contributed by atoms with Crippen LogP contribution in [0.3, 0.4) is 0 Å². The van der Waals surface area contributed by atoms with Crippen LogP contribution in [0, 0.1) is 0 Å². The van der Waals surface area contributed by atoms with Gasteiger partial charge in [-0.05, 0) is 18.2 Å². The summed E-state index contributed by atoms with van der Waals surface area (Å²) in [6.45, 7) is 2.07. The molecule has 0 fully saturated rings. The summed E-state index contributed by atoms with van der Waals surface area (Å²) < 4.78 is 5.54. The predicted molar refractivity (Wildman–Crippen MR) is 65.7 cm³/mol. The maximum Gasteiger partial charge on any atom is 0.141 e. The number of nitrogens with zero attached hydrogens (tertiary/aromatic N) is 2. The highest BCUT2D eigenvalue weighted by Gasteiger charge is 1.94. The Morgan fingerprint density at radius 1 is 1.00 bits per heavy atom. The lowest BCUT2D eigenvalue weighted by molar-refractivity contribution is 0.313. The van der Waals surface area contributed by atoms with Crippen LogP contribution in [0.25, 0.3) is 0 Å². The van der Waals surface area contributed by atoms with Crippen molar-refractivity contribution in [3.05, 3.63) is 54.6 Å². The molecule has 2 aromatic rings. The van der Waals surface area contributed by atoms with Crippen LogP contribution in [-0.2, 0) is 6.54 Å². The summed E-state index contributed by atoms with van der Waals surface area (Å²) in [4.78, 5) is 8.24. The molecule has 88 valence electrons. The molecule has 4 heteroatoms. The zero-order valence-corrected chi connectivity index (χ0v) is 9.54. The molecule has 0 saturated heterocycles. The number of ether oxygens (including phenoxy) is 1. The number of hydrogen-bond acceptors (Lipinski definition) is 4. The topological polar surface area (TPSA) is 47.0 Å². The smallest absolute Gasteiger partial charge is 0.141 e. The number of hydrogen-bond donors (Lipinski definition) is 1. The van der Waals surface area contributed by atoms with Crippen molar-refractivity contribution >= 4 is 0 Å². The molecule has 0 saturated carbocycles. The second-order valence-corrected chi connectivity index (χ2v) is 3.50. The number of aromatic nitrogens is 2. The minimum Gasteiger partial charge on any atom is -0.492 e. The maximum absolute atomic E-state index is 5.54. The first kappa shape index (κ1) is 11.5. The van der Waals surface area contributed by atoms with Crippen LogP contribution in [0.2, 0.25) is 0 Å². The van der Waals surface area contributed by atoms with E-state index in [0.29, 0.717) is 13.2 Å². The van der Waals surface area contributed by atoms with Gasteiger partial charge >= 0.3 is 0 Å². The molecule has 1 N–H and O–H groups in total. The first-order valence-electron chi connectivity index (χ1n) is 5.59. The van der Waals surface area contributed by atoms with Crippen molar-refractivity contribution in [1.29, 1.82) is 0 Å². The van der Waals surface area contributed by atoms with E-state index in [1.807, 2.05) is 36.4 Å². The molecular formula is C13H15N3O. The predicted octanol–water partition coefficient (Wildman–Crippen LogP) is 1.65. The van der Waals surface area contributed by atoms with Gasteiger partial charge in [-0.15, -0.1) is 0 Å². The Bertz CT molecular complexity index is 378. The molecule has 1 aromatic carbocycles. The number of benzene rings is 1. The minimum absolute atomic E-state index is 0.636. The molecule has 1 heterocycles. The molecule has 0 atom stereocenters. The van der Waals surface area contributed by atoms with Gasteiger partial charge in [0.2, 0.25) is 0 Å². The van der Waals surface area contributed by atoms with Gasteiger partial charge in [-0.3, -0.25) is 0 Å². The summed E-state index contributed by atoms with van der Waals surface area (Å²) in [5.41, 5.74) is 0. The van der Waals surface area contributed by atoms with Gasteiger partial charge in [0.05, 0.1) is 6.54 Å². The van der Waals surface area contributed by atoms with Gasteiger partial charge in [-0.25, -0.2) is 9.97 Å². The molecule has 0 bridgehead atoms. The molecule has 0 aliphatic heterocycles. The molecular weight excluding hydrogens is 214 g/mol. The molecule has 1 aromatic heterocycles. The molecule has 0 aliphatic rings. The third-order valence-corrected chi connectivity index (χ3v) is 2.19. The van der Waals surface area contributed by atoms with Crippen LogP contribution in [0.5, 0.6) is 5.75 Å². The quantitative estimate of drug-likeness (QED) is 0.765. The van der Waals surface area contributed by atoms with Crippen molar-refractivity contribution < 1.29 is 4.74 Å². The number of nitrogens with one attached hydrogen (secondary N) is 1. The summed E-state index contributed by atoms with van der Waals surface area (Å²) in [6, 6.07) is 11.6. The lowest BCUT2D eigenvalue weighted by Crippen LogP contribution is -2.21. The lowest BCUT2D eigenvalue weighted by Gasteiger charge is -2.06. The highest BCUT2D eigenvalue weighted by atomic mass is 16.5. The van der Waals surface area contributed by atoms with E-state index in [-0.39, 0.29) is 0 Å². The summed E-state index contributed by atoms with van der Waals surface area (Å²) in [5, 5.41) is 3.22. The summed E-state index contributed by atoms with van der Waals surface area (Å²) >= 11 is 0. The first-order valence-corrected chi connectivity index (χ1v) is 5.59. The van der Waals surface area contributed by atoms with Gasteiger partial charge in [-0.2, -0.15) is 0 Å². The molecule has 0 aliphatic carbocycles. The fourth-order valence-corrected chi connectivity index (χ4v) is 1.38. The molecule has 0 radical (unpaired) electrons. The van der Waals surface area contributed by atoms with E-state index in [1.165, 1.54) is 0 Å². The fourth-order valence-electron chi connectivity index (χ4n) is 1.38. The molecule has 0 unspecified atom stereocenters. The van der Waals surface area contributed by atoms with Gasteiger partial charge in [0.1, 0.15) is 18.2 Å². The Morgan fingerprint density at radius 3 is 2.53 bits per heavy atom. The van der Waals surface area contributed by atoms with E-state index < -0.39 is 0 Å². The fraction of sp³-hybridized carbons (Fsp3) is 0.231. The largest absolute Gasteiger partial charge is 0.492 e. The van der Waals surface area contributed by atoms with Crippen LogP contribution >= 0.6 is 0 Å². The molecule has 0 spiro atoms. The van der Waals surface area contributed by atoms with Crippen molar-refractivity contribution in [2.45, 2.75) is 6.54 Å². The van der Waals surface area contributed by atoms with Crippen LogP contribution in [0.15, 0.2) is 48.8 Å². The SMILES string of the molecule is c1ccc(OCCNCc2ncccn2)cc1. The van der Waals surface area contributed by atoms with Gasteiger partial charge in [0.25, 0.3) is 0 Å².